The Kier molecular flexibility index (Phi) is 5.66. The van der Waals surface area contributed by atoms with E-state index in [1.165, 1.54) is 7.11 Å². The van der Waals surface area contributed by atoms with Gasteiger partial charge in [-0.1, -0.05) is 6.07 Å². The zero-order chi connectivity index (χ0) is 18.6. The lowest BCUT2D eigenvalue weighted by molar-refractivity contribution is -0.148. The van der Waals surface area contributed by atoms with E-state index < -0.39 is 5.41 Å². The van der Waals surface area contributed by atoms with Gasteiger partial charge in [-0.05, 0) is 38.5 Å². The zero-order valence-corrected chi connectivity index (χ0v) is 15.2. The van der Waals surface area contributed by atoms with E-state index in [0.717, 1.165) is 12.0 Å². The largest absolute Gasteiger partial charge is 0.495 e. The minimum atomic E-state index is -1.22. The maximum absolute atomic E-state index is 12.8. The number of benzene rings is 1. The second kappa shape index (κ2) is 7.55. The van der Waals surface area contributed by atoms with Crippen LogP contribution in [0.4, 0.5) is 5.69 Å². The summed E-state index contributed by atoms with van der Waals surface area (Å²) in [5, 5.41) is 2.80. The van der Waals surface area contributed by atoms with Crippen LogP contribution in [0.15, 0.2) is 18.2 Å². The summed E-state index contributed by atoms with van der Waals surface area (Å²) in [5.41, 5.74) is 0.294. The summed E-state index contributed by atoms with van der Waals surface area (Å²) in [7, 11) is 1.53. The molecule has 7 heteroatoms. The van der Waals surface area contributed by atoms with Crippen LogP contribution in [-0.4, -0.2) is 61.3 Å². The van der Waals surface area contributed by atoms with Crippen molar-refractivity contribution in [3.8, 4) is 5.75 Å². The number of amides is 3. The first-order valence-corrected chi connectivity index (χ1v) is 8.24. The first-order chi connectivity index (χ1) is 11.8. The minimum absolute atomic E-state index is 0.248. The summed E-state index contributed by atoms with van der Waals surface area (Å²) in [6.45, 7) is 6.97. The molecule has 3 amide bonds. The third-order valence-corrected chi connectivity index (χ3v) is 4.46. The lowest BCUT2D eigenvalue weighted by Crippen LogP contribution is -2.54. The number of ether oxygens (including phenoxy) is 1. The molecule has 0 spiro atoms. The van der Waals surface area contributed by atoms with E-state index in [-0.39, 0.29) is 11.8 Å². The molecule has 0 atom stereocenters. The molecular weight excluding hydrogens is 322 g/mol. The van der Waals surface area contributed by atoms with Gasteiger partial charge in [-0.2, -0.15) is 0 Å². The number of nitrogens with one attached hydrogen (secondary N) is 1. The first kappa shape index (κ1) is 18.8. The average molecular weight is 347 g/mol. The number of aryl methyl sites for hydroxylation is 1. The molecule has 1 fully saturated rings. The topological polar surface area (TPSA) is 79.0 Å². The number of methoxy groups -OCH3 is 1. The van der Waals surface area contributed by atoms with Crippen LogP contribution in [0.2, 0.25) is 0 Å². The Morgan fingerprint density at radius 1 is 1.20 bits per heavy atom. The van der Waals surface area contributed by atoms with Gasteiger partial charge in [0.15, 0.2) is 0 Å². The summed E-state index contributed by atoms with van der Waals surface area (Å²) in [6.07, 6.45) is 0.781. The quantitative estimate of drug-likeness (QED) is 0.643. The molecule has 0 saturated carbocycles. The molecule has 25 heavy (non-hydrogen) atoms. The molecular formula is C18H25N3O4. The first-order valence-electron chi connectivity index (χ1n) is 8.24. The van der Waals surface area contributed by atoms with Crippen molar-refractivity contribution in [2.75, 3.05) is 38.6 Å². The van der Waals surface area contributed by atoms with Gasteiger partial charge in [0.25, 0.3) is 0 Å². The lowest BCUT2D eigenvalue weighted by Gasteiger charge is -2.36. The van der Waals surface area contributed by atoms with Gasteiger partial charge in [0.2, 0.25) is 18.2 Å². The van der Waals surface area contributed by atoms with E-state index in [4.69, 9.17) is 4.74 Å². The van der Waals surface area contributed by atoms with E-state index >= 15 is 0 Å². The molecule has 136 valence electrons. The predicted molar refractivity (Wildman–Crippen MR) is 94.4 cm³/mol. The Hall–Kier alpha value is -2.57. The third-order valence-electron chi connectivity index (χ3n) is 4.46. The molecule has 2 rings (SSSR count). The molecule has 0 unspecified atom stereocenters. The number of nitrogens with zero attached hydrogens (tertiary/aromatic N) is 2. The van der Waals surface area contributed by atoms with Crippen LogP contribution in [0.25, 0.3) is 0 Å². The van der Waals surface area contributed by atoms with Crippen molar-refractivity contribution in [2.45, 2.75) is 20.8 Å². The highest BCUT2D eigenvalue weighted by Crippen LogP contribution is 2.28. The van der Waals surface area contributed by atoms with E-state index in [0.29, 0.717) is 37.6 Å². The van der Waals surface area contributed by atoms with Gasteiger partial charge >= 0.3 is 0 Å². The Morgan fingerprint density at radius 2 is 1.84 bits per heavy atom. The molecule has 1 saturated heterocycles. The molecule has 0 aliphatic carbocycles. The average Bonchev–Trinajstić information content (AvgIpc) is 2.61. The van der Waals surface area contributed by atoms with Gasteiger partial charge in [-0.25, -0.2) is 0 Å². The van der Waals surface area contributed by atoms with Crippen molar-refractivity contribution in [2.24, 2.45) is 5.41 Å². The second-order valence-electron chi connectivity index (χ2n) is 6.72. The van der Waals surface area contributed by atoms with Crippen molar-refractivity contribution < 1.29 is 19.1 Å². The highest BCUT2D eigenvalue weighted by atomic mass is 16.5. The molecule has 1 aromatic rings. The van der Waals surface area contributed by atoms with Crippen molar-refractivity contribution in [1.29, 1.82) is 0 Å². The van der Waals surface area contributed by atoms with Gasteiger partial charge in [0.1, 0.15) is 11.2 Å². The van der Waals surface area contributed by atoms with Crippen molar-refractivity contribution in [3.63, 3.8) is 0 Å². The van der Waals surface area contributed by atoms with Crippen LogP contribution in [0.1, 0.15) is 19.4 Å². The zero-order valence-electron chi connectivity index (χ0n) is 15.2. The SMILES string of the molecule is COc1ccc(C)cc1NC(=O)C(C)(C)C(=O)N1CCN(C=O)CC1. The number of hydrogen-bond acceptors (Lipinski definition) is 4. The number of carbonyl (C=O) groups excluding carboxylic acids is 3. The number of hydrogen-bond donors (Lipinski definition) is 1. The number of carbonyl (C=O) groups is 3. The van der Waals surface area contributed by atoms with E-state index in [2.05, 4.69) is 5.32 Å². The van der Waals surface area contributed by atoms with E-state index in [9.17, 15) is 14.4 Å². The molecule has 7 nitrogen and oxygen atoms in total. The fourth-order valence-electron chi connectivity index (χ4n) is 2.72. The third kappa shape index (κ3) is 4.10. The Morgan fingerprint density at radius 3 is 2.40 bits per heavy atom. The van der Waals surface area contributed by atoms with Gasteiger partial charge in [-0.3, -0.25) is 14.4 Å². The predicted octanol–water partition coefficient (Wildman–Crippen LogP) is 1.27. The van der Waals surface area contributed by atoms with Crippen molar-refractivity contribution in [3.05, 3.63) is 23.8 Å². The Bertz CT molecular complexity index is 664. The normalized spacial score (nSPS) is 14.9. The standard InChI is InChI=1S/C18H25N3O4/c1-13-5-6-15(25-4)14(11-13)19-16(23)18(2,3)17(24)21-9-7-20(12-22)8-10-21/h5-6,11-12H,7-10H2,1-4H3,(H,19,23). The van der Waals surface area contributed by atoms with Crippen LogP contribution < -0.4 is 10.1 Å². The van der Waals surface area contributed by atoms with Gasteiger partial charge in [0, 0.05) is 26.2 Å². The van der Waals surface area contributed by atoms with Crippen molar-refractivity contribution in [1.82, 2.24) is 9.80 Å². The summed E-state index contributed by atoms with van der Waals surface area (Å²) < 4.78 is 5.27. The molecule has 1 aromatic carbocycles. The van der Waals surface area contributed by atoms with Gasteiger partial charge in [-0.15, -0.1) is 0 Å². The fourth-order valence-corrected chi connectivity index (χ4v) is 2.72. The molecule has 1 heterocycles. The number of piperazine rings is 1. The number of rotatable bonds is 5. The van der Waals surface area contributed by atoms with Crippen LogP contribution in [0.3, 0.4) is 0 Å². The Balaban J connectivity index is 2.10. The molecule has 0 aromatic heterocycles. The van der Waals surface area contributed by atoms with Crippen molar-refractivity contribution >= 4 is 23.9 Å². The molecule has 1 aliphatic heterocycles. The van der Waals surface area contributed by atoms with E-state index in [1.54, 1.807) is 35.8 Å². The van der Waals surface area contributed by atoms with Crippen LogP contribution in [0, 0.1) is 12.3 Å². The highest BCUT2D eigenvalue weighted by molar-refractivity contribution is 6.10. The Labute approximate surface area is 147 Å². The molecule has 0 bridgehead atoms. The van der Waals surface area contributed by atoms with Gasteiger partial charge < -0.3 is 19.9 Å². The van der Waals surface area contributed by atoms with Crippen LogP contribution in [-0.2, 0) is 14.4 Å². The number of anilines is 1. The van der Waals surface area contributed by atoms with Gasteiger partial charge in [0.05, 0.1) is 12.8 Å². The summed E-state index contributed by atoms with van der Waals surface area (Å²) in [5.74, 6) is -0.0943. The molecule has 0 radical (unpaired) electrons. The maximum Gasteiger partial charge on any atom is 0.239 e. The van der Waals surface area contributed by atoms with Crippen LogP contribution >= 0.6 is 0 Å². The summed E-state index contributed by atoms with van der Waals surface area (Å²) >= 11 is 0. The summed E-state index contributed by atoms with van der Waals surface area (Å²) in [6, 6.07) is 5.47. The van der Waals surface area contributed by atoms with E-state index in [1.807, 2.05) is 13.0 Å². The summed E-state index contributed by atoms with van der Waals surface area (Å²) in [4.78, 5) is 39.6. The minimum Gasteiger partial charge on any atom is -0.495 e. The lowest BCUT2D eigenvalue weighted by atomic mass is 9.89. The highest BCUT2D eigenvalue weighted by Gasteiger charge is 2.40. The molecule has 1 N–H and O–H groups in total. The van der Waals surface area contributed by atoms with Crippen LogP contribution in [0.5, 0.6) is 5.75 Å². The smallest absolute Gasteiger partial charge is 0.239 e. The second-order valence-corrected chi connectivity index (χ2v) is 6.72. The molecule has 1 aliphatic rings. The maximum atomic E-state index is 12.8. The monoisotopic (exact) mass is 347 g/mol. The fraction of sp³-hybridized carbons (Fsp3) is 0.500.